The molecular weight excluding hydrogens is 312 g/mol. The highest BCUT2D eigenvalue weighted by atomic mass is 16.5. The summed E-state index contributed by atoms with van der Waals surface area (Å²) in [5, 5.41) is 18.3. The van der Waals surface area contributed by atoms with Crippen molar-refractivity contribution in [2.24, 2.45) is 0 Å². The molecule has 2 rings (SSSR count). The summed E-state index contributed by atoms with van der Waals surface area (Å²) in [6.07, 6.45) is -0.392. The van der Waals surface area contributed by atoms with Gasteiger partial charge in [-0.3, -0.25) is 9.59 Å². The van der Waals surface area contributed by atoms with E-state index < -0.39 is 24.1 Å². The number of Topliss-reactive ketones (excluding diaryl/α,β-unsaturated/α-hetero) is 1. The SMILES string of the molecule is CC(=O)c1cc(C(=O)O)c(OCc2ccccc2)cc1CC(=O)O. The number of ketones is 1. The van der Waals surface area contributed by atoms with Crippen LogP contribution in [0.4, 0.5) is 0 Å². The molecule has 0 saturated heterocycles. The lowest BCUT2D eigenvalue weighted by atomic mass is 9.98. The molecule has 0 amide bonds. The first kappa shape index (κ1) is 17.2. The fraction of sp³-hybridized carbons (Fsp3) is 0.167. The van der Waals surface area contributed by atoms with E-state index in [4.69, 9.17) is 9.84 Å². The Morgan fingerprint density at radius 1 is 1.00 bits per heavy atom. The Morgan fingerprint density at radius 2 is 1.67 bits per heavy atom. The second-order valence-corrected chi connectivity index (χ2v) is 5.21. The van der Waals surface area contributed by atoms with Crippen molar-refractivity contribution < 1.29 is 29.3 Å². The van der Waals surface area contributed by atoms with Crippen molar-refractivity contribution in [2.45, 2.75) is 20.0 Å². The second-order valence-electron chi connectivity index (χ2n) is 5.21. The number of ether oxygens (including phenoxy) is 1. The maximum absolute atomic E-state index is 11.7. The van der Waals surface area contributed by atoms with Gasteiger partial charge < -0.3 is 14.9 Å². The van der Waals surface area contributed by atoms with Crippen LogP contribution in [0.3, 0.4) is 0 Å². The smallest absolute Gasteiger partial charge is 0.339 e. The van der Waals surface area contributed by atoms with E-state index in [1.54, 1.807) is 0 Å². The summed E-state index contributed by atoms with van der Waals surface area (Å²) >= 11 is 0. The largest absolute Gasteiger partial charge is 0.488 e. The van der Waals surface area contributed by atoms with Crippen molar-refractivity contribution in [1.82, 2.24) is 0 Å². The molecule has 0 bridgehead atoms. The third-order valence-electron chi connectivity index (χ3n) is 3.39. The van der Waals surface area contributed by atoms with Crippen molar-refractivity contribution in [1.29, 1.82) is 0 Å². The van der Waals surface area contributed by atoms with Crippen LogP contribution >= 0.6 is 0 Å². The van der Waals surface area contributed by atoms with E-state index in [-0.39, 0.29) is 29.0 Å². The lowest BCUT2D eigenvalue weighted by Crippen LogP contribution is -2.11. The first-order valence-corrected chi connectivity index (χ1v) is 7.18. The molecule has 0 fully saturated rings. The fourth-order valence-corrected chi connectivity index (χ4v) is 2.28. The molecule has 124 valence electrons. The highest BCUT2D eigenvalue weighted by molar-refractivity contribution is 6.00. The van der Waals surface area contributed by atoms with E-state index in [1.807, 2.05) is 30.3 Å². The average Bonchev–Trinajstić information content (AvgIpc) is 2.52. The van der Waals surface area contributed by atoms with Gasteiger partial charge >= 0.3 is 11.9 Å². The lowest BCUT2D eigenvalue weighted by molar-refractivity contribution is -0.136. The number of hydrogen-bond donors (Lipinski definition) is 2. The van der Waals surface area contributed by atoms with Crippen LogP contribution in [0.15, 0.2) is 42.5 Å². The van der Waals surface area contributed by atoms with Gasteiger partial charge in [0.15, 0.2) is 5.78 Å². The molecule has 0 unspecified atom stereocenters. The van der Waals surface area contributed by atoms with Crippen LogP contribution in [0.2, 0.25) is 0 Å². The van der Waals surface area contributed by atoms with Crippen LogP contribution in [0, 0.1) is 0 Å². The van der Waals surface area contributed by atoms with Gasteiger partial charge in [-0.2, -0.15) is 0 Å². The van der Waals surface area contributed by atoms with Gasteiger partial charge in [0.25, 0.3) is 0 Å². The molecule has 0 saturated carbocycles. The molecule has 0 aromatic heterocycles. The summed E-state index contributed by atoms with van der Waals surface area (Å²) < 4.78 is 5.56. The number of carbonyl (C=O) groups excluding carboxylic acids is 1. The zero-order valence-corrected chi connectivity index (χ0v) is 13.0. The Bertz CT molecular complexity index is 780. The van der Waals surface area contributed by atoms with Crippen molar-refractivity contribution in [3.63, 3.8) is 0 Å². The Kier molecular flexibility index (Phi) is 5.31. The first-order chi connectivity index (χ1) is 11.4. The number of rotatable bonds is 7. The van der Waals surface area contributed by atoms with Crippen molar-refractivity contribution >= 4 is 17.7 Å². The Hall–Kier alpha value is -3.15. The van der Waals surface area contributed by atoms with Crippen LogP contribution < -0.4 is 4.74 Å². The molecule has 2 aromatic carbocycles. The number of aliphatic carboxylic acids is 1. The zero-order chi connectivity index (χ0) is 17.7. The monoisotopic (exact) mass is 328 g/mol. The molecule has 0 aliphatic carbocycles. The normalized spacial score (nSPS) is 10.2. The van der Waals surface area contributed by atoms with Crippen LogP contribution in [0.5, 0.6) is 5.75 Å². The summed E-state index contributed by atoms with van der Waals surface area (Å²) in [7, 11) is 0. The first-order valence-electron chi connectivity index (χ1n) is 7.18. The standard InChI is InChI=1S/C18H16O6/c1-11(19)14-9-15(18(22)23)16(7-13(14)8-17(20)21)24-10-12-5-3-2-4-6-12/h2-7,9H,8,10H2,1H3,(H,20,21)(H,22,23). The fourth-order valence-electron chi connectivity index (χ4n) is 2.28. The second kappa shape index (κ2) is 7.41. The van der Waals surface area contributed by atoms with Gasteiger partial charge in [-0.25, -0.2) is 4.79 Å². The van der Waals surface area contributed by atoms with Crippen LogP contribution in [0.25, 0.3) is 0 Å². The van der Waals surface area contributed by atoms with E-state index in [1.165, 1.54) is 19.1 Å². The molecule has 24 heavy (non-hydrogen) atoms. The average molecular weight is 328 g/mol. The van der Waals surface area contributed by atoms with E-state index >= 15 is 0 Å². The van der Waals surface area contributed by atoms with E-state index in [2.05, 4.69) is 0 Å². The molecule has 0 aliphatic rings. The molecule has 0 heterocycles. The highest BCUT2D eigenvalue weighted by Crippen LogP contribution is 2.26. The maximum atomic E-state index is 11.7. The van der Waals surface area contributed by atoms with E-state index in [0.717, 1.165) is 5.56 Å². The van der Waals surface area contributed by atoms with Crippen molar-refractivity contribution in [2.75, 3.05) is 0 Å². The summed E-state index contributed by atoms with van der Waals surface area (Å²) in [6.45, 7) is 1.39. The summed E-state index contributed by atoms with van der Waals surface area (Å²) in [5.41, 5.74) is 0.958. The van der Waals surface area contributed by atoms with Crippen molar-refractivity contribution in [3.8, 4) is 5.75 Å². The van der Waals surface area contributed by atoms with Crippen LogP contribution in [0.1, 0.15) is 38.8 Å². The Labute approximate surface area is 138 Å². The quantitative estimate of drug-likeness (QED) is 0.758. The lowest BCUT2D eigenvalue weighted by Gasteiger charge is -2.13. The molecule has 2 aromatic rings. The number of carboxylic acid groups (broad SMARTS) is 2. The van der Waals surface area contributed by atoms with E-state index in [0.29, 0.717) is 0 Å². The maximum Gasteiger partial charge on any atom is 0.339 e. The minimum absolute atomic E-state index is 0.0348. The highest BCUT2D eigenvalue weighted by Gasteiger charge is 2.19. The van der Waals surface area contributed by atoms with Gasteiger partial charge in [-0.15, -0.1) is 0 Å². The number of hydrogen-bond acceptors (Lipinski definition) is 4. The third kappa shape index (κ3) is 4.19. The molecule has 0 radical (unpaired) electrons. The molecule has 0 aliphatic heterocycles. The van der Waals surface area contributed by atoms with Gasteiger partial charge in [0.2, 0.25) is 0 Å². The molecule has 0 atom stereocenters. The van der Waals surface area contributed by atoms with Gasteiger partial charge in [0, 0.05) is 5.56 Å². The van der Waals surface area contributed by atoms with E-state index in [9.17, 15) is 19.5 Å². The van der Waals surface area contributed by atoms with Crippen LogP contribution in [-0.2, 0) is 17.8 Å². The van der Waals surface area contributed by atoms with Gasteiger partial charge in [-0.1, -0.05) is 30.3 Å². The molecule has 2 N–H and O–H groups in total. The number of benzene rings is 2. The molecular formula is C18H16O6. The summed E-state index contributed by atoms with van der Waals surface area (Å²) in [5.74, 6) is -2.73. The molecule has 0 spiro atoms. The van der Waals surface area contributed by atoms with Crippen molar-refractivity contribution in [3.05, 3.63) is 64.7 Å². The summed E-state index contributed by atoms with van der Waals surface area (Å²) in [6, 6.07) is 11.6. The van der Waals surface area contributed by atoms with Crippen LogP contribution in [-0.4, -0.2) is 27.9 Å². The minimum Gasteiger partial charge on any atom is -0.488 e. The molecule has 6 nitrogen and oxygen atoms in total. The number of aromatic carboxylic acids is 1. The Balaban J connectivity index is 2.41. The predicted octanol–water partition coefficient (Wildman–Crippen LogP) is 2.79. The van der Waals surface area contributed by atoms with Gasteiger partial charge in [0.1, 0.15) is 17.9 Å². The Morgan fingerprint density at radius 3 is 2.21 bits per heavy atom. The minimum atomic E-state index is -1.25. The summed E-state index contributed by atoms with van der Waals surface area (Å²) in [4.78, 5) is 34.1. The zero-order valence-electron chi connectivity index (χ0n) is 13.0. The topological polar surface area (TPSA) is 101 Å². The van der Waals surface area contributed by atoms with Gasteiger partial charge in [-0.05, 0) is 30.2 Å². The number of carboxylic acids is 2. The number of carbonyl (C=O) groups is 3. The van der Waals surface area contributed by atoms with Gasteiger partial charge in [0.05, 0.1) is 6.42 Å². The molecule has 6 heteroatoms. The third-order valence-corrected chi connectivity index (χ3v) is 3.39. The predicted molar refractivity (Wildman–Crippen MR) is 85.5 cm³/mol.